The molecule has 0 aliphatic heterocycles. The average Bonchev–Trinajstić information content (AvgIpc) is 2.85. The summed E-state index contributed by atoms with van der Waals surface area (Å²) in [6.45, 7) is 1.98. The fourth-order valence-corrected chi connectivity index (χ4v) is 2.26. The van der Waals surface area contributed by atoms with Gasteiger partial charge in [-0.15, -0.1) is 0 Å². The van der Waals surface area contributed by atoms with Gasteiger partial charge in [0.1, 0.15) is 11.4 Å². The number of hydrogen-bond acceptors (Lipinski definition) is 2. The van der Waals surface area contributed by atoms with Crippen molar-refractivity contribution in [2.45, 2.75) is 25.8 Å². The zero-order valence-corrected chi connectivity index (χ0v) is 12.8. The molecule has 0 saturated heterocycles. The van der Waals surface area contributed by atoms with Gasteiger partial charge in [0, 0.05) is 16.7 Å². The first-order valence-corrected chi connectivity index (χ1v) is 7.26. The summed E-state index contributed by atoms with van der Waals surface area (Å²) in [6.07, 6.45) is 3.44. The molecule has 1 unspecified atom stereocenters. The van der Waals surface area contributed by atoms with E-state index < -0.39 is 0 Å². The van der Waals surface area contributed by atoms with Crippen molar-refractivity contribution in [1.29, 1.82) is 0 Å². The number of hydrogen-bond donors (Lipinski definition) is 3. The third-order valence-electron chi connectivity index (χ3n) is 3.07. The first kappa shape index (κ1) is 14.7. The molecule has 3 N–H and O–H groups in total. The molecule has 1 aromatic heterocycles. The number of aromatic hydroxyl groups is 1. The summed E-state index contributed by atoms with van der Waals surface area (Å²) in [6, 6.07) is 8.97. The van der Waals surface area contributed by atoms with Gasteiger partial charge >= 0.3 is 0 Å². The predicted octanol–water partition coefficient (Wildman–Crippen LogP) is 3.23. The molecule has 5 heteroatoms. The molecule has 0 fully saturated rings. The van der Waals surface area contributed by atoms with Crippen LogP contribution >= 0.6 is 15.9 Å². The third kappa shape index (κ3) is 4.13. The minimum absolute atomic E-state index is 0.0818. The lowest BCUT2D eigenvalue weighted by Gasteiger charge is -2.13. The summed E-state index contributed by atoms with van der Waals surface area (Å²) < 4.78 is 0.861. The number of aryl methyl sites for hydroxylation is 1. The molecular formula is C15H17BrN2O2. The predicted molar refractivity (Wildman–Crippen MR) is 81.8 cm³/mol. The number of aromatic amines is 1. The molecule has 20 heavy (non-hydrogen) atoms. The molecular weight excluding hydrogens is 320 g/mol. The second kappa shape index (κ2) is 6.61. The highest BCUT2D eigenvalue weighted by atomic mass is 79.9. The van der Waals surface area contributed by atoms with Gasteiger partial charge in [0.25, 0.3) is 5.91 Å². The van der Waals surface area contributed by atoms with Crippen LogP contribution in [-0.2, 0) is 6.42 Å². The normalized spacial score (nSPS) is 12.1. The zero-order valence-electron chi connectivity index (χ0n) is 11.2. The molecule has 2 rings (SSSR count). The first-order chi connectivity index (χ1) is 9.54. The van der Waals surface area contributed by atoms with Crippen molar-refractivity contribution in [2.24, 2.45) is 0 Å². The molecule has 0 saturated carbocycles. The Morgan fingerprint density at radius 1 is 1.40 bits per heavy atom. The third-order valence-corrected chi connectivity index (χ3v) is 3.53. The molecule has 1 amide bonds. The van der Waals surface area contributed by atoms with E-state index in [0.29, 0.717) is 5.69 Å². The second-order valence-electron chi connectivity index (χ2n) is 4.81. The Labute approximate surface area is 126 Å². The van der Waals surface area contributed by atoms with E-state index in [1.807, 2.05) is 19.1 Å². The number of carbonyl (C=O) groups excluding carboxylic acids is 1. The van der Waals surface area contributed by atoms with E-state index >= 15 is 0 Å². The quantitative estimate of drug-likeness (QED) is 0.784. The fraction of sp³-hybridized carbons (Fsp3) is 0.267. The van der Waals surface area contributed by atoms with Crippen molar-refractivity contribution in [3.05, 3.63) is 52.3 Å². The molecule has 0 aliphatic carbocycles. The fourth-order valence-electron chi connectivity index (χ4n) is 1.92. The van der Waals surface area contributed by atoms with Crippen LogP contribution in [0.3, 0.4) is 0 Å². The van der Waals surface area contributed by atoms with Crippen molar-refractivity contribution in [3.63, 3.8) is 0 Å². The molecule has 0 bridgehead atoms. The van der Waals surface area contributed by atoms with Gasteiger partial charge in [-0.05, 0) is 59.5 Å². The monoisotopic (exact) mass is 336 g/mol. The number of H-pyrrole nitrogens is 1. The van der Waals surface area contributed by atoms with Crippen molar-refractivity contribution in [3.8, 4) is 5.75 Å². The Morgan fingerprint density at radius 3 is 2.70 bits per heavy atom. The Morgan fingerprint density at radius 2 is 2.10 bits per heavy atom. The second-order valence-corrected chi connectivity index (χ2v) is 5.73. The first-order valence-electron chi connectivity index (χ1n) is 6.47. The van der Waals surface area contributed by atoms with Crippen molar-refractivity contribution < 1.29 is 9.90 Å². The summed E-state index contributed by atoms with van der Waals surface area (Å²) >= 11 is 3.30. The number of aromatic nitrogens is 1. The number of rotatable bonds is 5. The van der Waals surface area contributed by atoms with Crippen LogP contribution in [0.1, 0.15) is 29.4 Å². The van der Waals surface area contributed by atoms with Crippen LogP contribution in [0, 0.1) is 0 Å². The minimum atomic E-state index is -0.103. The van der Waals surface area contributed by atoms with Crippen molar-refractivity contribution in [2.75, 3.05) is 0 Å². The molecule has 1 aromatic carbocycles. The number of phenolic OH excluding ortho intramolecular Hbond substituents is 1. The van der Waals surface area contributed by atoms with Gasteiger partial charge in [-0.3, -0.25) is 4.79 Å². The summed E-state index contributed by atoms with van der Waals surface area (Å²) in [7, 11) is 0. The molecule has 106 valence electrons. The van der Waals surface area contributed by atoms with Crippen molar-refractivity contribution >= 4 is 21.8 Å². The van der Waals surface area contributed by atoms with Gasteiger partial charge in [0.15, 0.2) is 0 Å². The highest BCUT2D eigenvalue weighted by molar-refractivity contribution is 9.10. The van der Waals surface area contributed by atoms with E-state index in [1.54, 1.807) is 24.4 Å². The Balaban J connectivity index is 1.82. The smallest absolute Gasteiger partial charge is 0.267 e. The van der Waals surface area contributed by atoms with E-state index in [4.69, 9.17) is 0 Å². The van der Waals surface area contributed by atoms with E-state index in [9.17, 15) is 9.90 Å². The largest absolute Gasteiger partial charge is 0.508 e. The van der Waals surface area contributed by atoms with Crippen LogP contribution in [0.2, 0.25) is 0 Å². The summed E-state index contributed by atoms with van der Waals surface area (Å²) in [5.41, 5.74) is 1.69. The van der Waals surface area contributed by atoms with Gasteiger partial charge < -0.3 is 15.4 Å². The SMILES string of the molecule is CC(CCc1ccc(O)cc1)NC(=O)c1cc(Br)c[nH]1. The summed E-state index contributed by atoms with van der Waals surface area (Å²) in [4.78, 5) is 14.8. The van der Waals surface area contributed by atoms with Gasteiger partial charge in [-0.2, -0.15) is 0 Å². The van der Waals surface area contributed by atoms with Crippen LogP contribution in [0.5, 0.6) is 5.75 Å². The van der Waals surface area contributed by atoms with Gasteiger partial charge in [0.05, 0.1) is 0 Å². The van der Waals surface area contributed by atoms with Gasteiger partial charge in [-0.25, -0.2) is 0 Å². The van der Waals surface area contributed by atoms with Gasteiger partial charge in [-0.1, -0.05) is 12.1 Å². The van der Waals surface area contributed by atoms with Crippen LogP contribution in [-0.4, -0.2) is 22.0 Å². The van der Waals surface area contributed by atoms with Crippen LogP contribution < -0.4 is 5.32 Å². The molecule has 2 aromatic rings. The average molecular weight is 337 g/mol. The maximum atomic E-state index is 11.9. The van der Waals surface area contributed by atoms with Crippen LogP contribution in [0.25, 0.3) is 0 Å². The number of phenols is 1. The number of amides is 1. The Hall–Kier alpha value is -1.75. The van der Waals surface area contributed by atoms with Crippen molar-refractivity contribution in [1.82, 2.24) is 10.3 Å². The maximum Gasteiger partial charge on any atom is 0.267 e. The molecule has 4 nitrogen and oxygen atoms in total. The minimum Gasteiger partial charge on any atom is -0.508 e. The number of benzene rings is 1. The lowest BCUT2D eigenvalue weighted by molar-refractivity contribution is 0.0934. The number of carbonyl (C=O) groups is 1. The highest BCUT2D eigenvalue weighted by Crippen LogP contribution is 2.13. The zero-order chi connectivity index (χ0) is 14.5. The van der Waals surface area contributed by atoms with Crippen LogP contribution in [0.15, 0.2) is 41.0 Å². The Bertz CT molecular complexity index is 578. The highest BCUT2D eigenvalue weighted by Gasteiger charge is 2.11. The standard InChI is InChI=1S/C15H17BrN2O2/c1-10(2-3-11-4-6-13(19)7-5-11)18-15(20)14-8-12(16)9-17-14/h4-10,17,19H,2-3H2,1H3,(H,18,20). The van der Waals surface area contributed by atoms with E-state index in [0.717, 1.165) is 22.9 Å². The van der Waals surface area contributed by atoms with E-state index in [2.05, 4.69) is 26.2 Å². The molecule has 1 atom stereocenters. The molecule has 1 heterocycles. The van der Waals surface area contributed by atoms with E-state index in [-0.39, 0.29) is 17.7 Å². The van der Waals surface area contributed by atoms with Crippen LogP contribution in [0.4, 0.5) is 0 Å². The summed E-state index contributed by atoms with van der Waals surface area (Å²) in [5.74, 6) is 0.168. The molecule has 0 radical (unpaired) electrons. The number of halogens is 1. The Kier molecular flexibility index (Phi) is 4.84. The summed E-state index contributed by atoms with van der Waals surface area (Å²) in [5, 5.41) is 12.2. The topological polar surface area (TPSA) is 65.1 Å². The molecule has 0 aliphatic rings. The molecule has 0 spiro atoms. The van der Waals surface area contributed by atoms with E-state index in [1.165, 1.54) is 0 Å². The maximum absolute atomic E-state index is 11.9. The van der Waals surface area contributed by atoms with Gasteiger partial charge in [0.2, 0.25) is 0 Å². The lowest BCUT2D eigenvalue weighted by atomic mass is 10.1. The lowest BCUT2D eigenvalue weighted by Crippen LogP contribution is -2.33. The number of nitrogens with one attached hydrogen (secondary N) is 2.